The van der Waals surface area contributed by atoms with E-state index in [-0.39, 0.29) is 12.5 Å². The molecule has 0 aliphatic rings. The van der Waals surface area contributed by atoms with Gasteiger partial charge in [0.05, 0.1) is 12.2 Å². The van der Waals surface area contributed by atoms with Gasteiger partial charge in [0.15, 0.2) is 6.61 Å². The zero-order valence-electron chi connectivity index (χ0n) is 14.9. The lowest BCUT2D eigenvalue weighted by molar-refractivity contribution is -0.130. The largest absolute Gasteiger partial charge is 0.482 e. The van der Waals surface area contributed by atoms with Crippen LogP contribution in [0.25, 0.3) is 11.4 Å². The fourth-order valence-corrected chi connectivity index (χ4v) is 2.80. The van der Waals surface area contributed by atoms with Crippen LogP contribution in [0.4, 0.5) is 5.69 Å². The molecule has 1 amide bonds. The highest BCUT2D eigenvalue weighted by Gasteiger charge is 2.12. The first-order chi connectivity index (χ1) is 12.5. The van der Waals surface area contributed by atoms with Gasteiger partial charge in [-0.25, -0.2) is 0 Å². The van der Waals surface area contributed by atoms with Crippen LogP contribution in [0.5, 0.6) is 5.75 Å². The first-order valence-electron chi connectivity index (χ1n) is 8.05. The Bertz CT molecular complexity index is 874. The number of aryl methyl sites for hydroxylation is 1. The molecule has 0 radical (unpaired) electrons. The number of thiophene rings is 1. The van der Waals surface area contributed by atoms with E-state index in [0.717, 1.165) is 16.8 Å². The van der Waals surface area contributed by atoms with E-state index in [1.165, 1.54) is 4.90 Å². The van der Waals surface area contributed by atoms with Gasteiger partial charge >= 0.3 is 0 Å². The molecule has 0 aliphatic carbocycles. The predicted molar refractivity (Wildman–Crippen MR) is 100 cm³/mol. The van der Waals surface area contributed by atoms with E-state index in [0.29, 0.717) is 24.0 Å². The molecule has 0 fully saturated rings. The van der Waals surface area contributed by atoms with E-state index in [1.54, 1.807) is 25.4 Å². The van der Waals surface area contributed by atoms with Gasteiger partial charge in [0, 0.05) is 25.0 Å². The van der Waals surface area contributed by atoms with Gasteiger partial charge in [0.1, 0.15) is 5.75 Å². The highest BCUT2D eigenvalue weighted by atomic mass is 32.1. The number of likely N-dealkylation sites (N-methyl/N-ethyl adjacent to an activating group) is 1. The molecule has 1 aromatic carbocycles. The number of aromatic nitrogens is 2. The number of anilines is 1. The number of rotatable bonds is 7. The second kappa shape index (κ2) is 8.01. The zero-order valence-corrected chi connectivity index (χ0v) is 15.7. The van der Waals surface area contributed by atoms with Crippen molar-refractivity contribution in [3.05, 3.63) is 46.5 Å². The summed E-state index contributed by atoms with van der Waals surface area (Å²) in [6.07, 6.45) is 0. The Labute approximate surface area is 155 Å². The summed E-state index contributed by atoms with van der Waals surface area (Å²) in [6, 6.07) is 7.70. The summed E-state index contributed by atoms with van der Waals surface area (Å²) in [6.45, 7) is 2.31. The maximum atomic E-state index is 11.8. The van der Waals surface area contributed by atoms with Crippen molar-refractivity contribution in [3.8, 4) is 17.1 Å². The second-order valence-corrected chi connectivity index (χ2v) is 6.73. The van der Waals surface area contributed by atoms with Crippen LogP contribution < -0.4 is 10.1 Å². The van der Waals surface area contributed by atoms with E-state index >= 15 is 0 Å². The summed E-state index contributed by atoms with van der Waals surface area (Å²) in [5.74, 6) is 1.55. The Balaban J connectivity index is 1.67. The number of benzene rings is 1. The minimum atomic E-state index is -0.102. The van der Waals surface area contributed by atoms with Gasteiger partial charge < -0.3 is 19.5 Å². The first-order valence-corrected chi connectivity index (χ1v) is 9.00. The van der Waals surface area contributed by atoms with Crippen molar-refractivity contribution in [1.82, 2.24) is 15.0 Å². The van der Waals surface area contributed by atoms with E-state index in [9.17, 15) is 4.79 Å². The smallest absolute Gasteiger partial charge is 0.259 e. The van der Waals surface area contributed by atoms with Gasteiger partial charge in [0.25, 0.3) is 5.91 Å². The van der Waals surface area contributed by atoms with Crippen molar-refractivity contribution in [3.63, 3.8) is 0 Å². The Morgan fingerprint density at radius 1 is 1.35 bits per heavy atom. The topological polar surface area (TPSA) is 80.5 Å². The maximum absolute atomic E-state index is 11.8. The van der Waals surface area contributed by atoms with Crippen LogP contribution >= 0.6 is 11.3 Å². The molecule has 3 rings (SSSR count). The van der Waals surface area contributed by atoms with Gasteiger partial charge in [0.2, 0.25) is 11.7 Å². The summed E-state index contributed by atoms with van der Waals surface area (Å²) < 4.78 is 11.0. The van der Waals surface area contributed by atoms with E-state index < -0.39 is 0 Å². The van der Waals surface area contributed by atoms with Crippen LogP contribution in [0.15, 0.2) is 39.5 Å². The molecule has 1 N–H and O–H groups in total. The summed E-state index contributed by atoms with van der Waals surface area (Å²) >= 11 is 1.58. The lowest BCUT2D eigenvalue weighted by Crippen LogP contribution is -2.27. The van der Waals surface area contributed by atoms with Gasteiger partial charge in [-0.15, -0.1) is 0 Å². The van der Waals surface area contributed by atoms with Crippen molar-refractivity contribution in [2.75, 3.05) is 26.0 Å². The summed E-state index contributed by atoms with van der Waals surface area (Å²) in [5.41, 5.74) is 2.74. The maximum Gasteiger partial charge on any atom is 0.259 e. The molecule has 0 saturated heterocycles. The molecular weight excluding hydrogens is 352 g/mol. The SMILES string of the molecule is Cc1ccc(NCc2nc(-c3ccsc3)no2)c(OCC(=O)N(C)C)c1. The average Bonchev–Trinajstić information content (AvgIpc) is 3.29. The van der Waals surface area contributed by atoms with E-state index in [1.807, 2.05) is 41.9 Å². The Hall–Kier alpha value is -2.87. The standard InChI is InChI=1S/C18H20N4O3S/c1-12-4-5-14(15(8-12)24-10-17(23)22(2)3)19-9-16-20-18(21-25-16)13-6-7-26-11-13/h4-8,11,19H,9-10H2,1-3H3. The number of amides is 1. The van der Waals surface area contributed by atoms with Crippen LogP contribution in [0, 0.1) is 6.92 Å². The van der Waals surface area contributed by atoms with E-state index in [2.05, 4.69) is 15.5 Å². The zero-order chi connectivity index (χ0) is 18.5. The third kappa shape index (κ3) is 4.40. The van der Waals surface area contributed by atoms with Crippen LogP contribution in [-0.4, -0.2) is 41.6 Å². The highest BCUT2D eigenvalue weighted by Crippen LogP contribution is 2.26. The van der Waals surface area contributed by atoms with Crippen molar-refractivity contribution in [2.45, 2.75) is 13.5 Å². The molecule has 0 atom stereocenters. The lowest BCUT2D eigenvalue weighted by Gasteiger charge is -2.15. The quantitative estimate of drug-likeness (QED) is 0.686. The van der Waals surface area contributed by atoms with Crippen molar-refractivity contribution < 1.29 is 14.1 Å². The summed E-state index contributed by atoms with van der Waals surface area (Å²) in [7, 11) is 3.39. The molecule has 7 nitrogen and oxygen atoms in total. The fraction of sp³-hybridized carbons (Fsp3) is 0.278. The number of carbonyl (C=O) groups excluding carboxylic acids is 1. The summed E-state index contributed by atoms with van der Waals surface area (Å²) in [4.78, 5) is 17.6. The molecule has 136 valence electrons. The monoisotopic (exact) mass is 372 g/mol. The van der Waals surface area contributed by atoms with Gasteiger partial charge in [-0.05, 0) is 36.1 Å². The molecule has 0 bridgehead atoms. The molecule has 3 aromatic rings. The third-order valence-corrected chi connectivity index (χ3v) is 4.35. The van der Waals surface area contributed by atoms with Gasteiger partial charge in [-0.2, -0.15) is 16.3 Å². The van der Waals surface area contributed by atoms with Gasteiger partial charge in [-0.3, -0.25) is 4.79 Å². The molecule has 0 aliphatic heterocycles. The predicted octanol–water partition coefficient (Wildman–Crippen LogP) is 3.19. The van der Waals surface area contributed by atoms with Crippen LogP contribution in [0.3, 0.4) is 0 Å². The highest BCUT2D eigenvalue weighted by molar-refractivity contribution is 7.08. The normalized spacial score (nSPS) is 10.6. The minimum absolute atomic E-state index is 0.0198. The van der Waals surface area contributed by atoms with Crippen molar-refractivity contribution in [2.24, 2.45) is 0 Å². The lowest BCUT2D eigenvalue weighted by atomic mass is 10.2. The third-order valence-electron chi connectivity index (χ3n) is 3.66. The molecule has 0 saturated carbocycles. The number of hydrogen-bond donors (Lipinski definition) is 1. The molecule has 0 spiro atoms. The molecule has 0 unspecified atom stereocenters. The Morgan fingerprint density at radius 3 is 2.92 bits per heavy atom. The number of nitrogens with zero attached hydrogens (tertiary/aromatic N) is 3. The molecule has 8 heteroatoms. The second-order valence-electron chi connectivity index (χ2n) is 5.95. The average molecular weight is 372 g/mol. The molecule has 2 heterocycles. The van der Waals surface area contributed by atoms with Crippen molar-refractivity contribution in [1.29, 1.82) is 0 Å². The van der Waals surface area contributed by atoms with Crippen LogP contribution in [-0.2, 0) is 11.3 Å². The Morgan fingerprint density at radius 2 is 2.19 bits per heavy atom. The van der Waals surface area contributed by atoms with Crippen molar-refractivity contribution >= 4 is 22.9 Å². The molecular formula is C18H20N4O3S. The number of nitrogens with one attached hydrogen (secondary N) is 1. The number of hydrogen-bond acceptors (Lipinski definition) is 7. The first kappa shape index (κ1) is 17.9. The minimum Gasteiger partial charge on any atom is -0.482 e. The van der Waals surface area contributed by atoms with E-state index in [4.69, 9.17) is 9.26 Å². The summed E-state index contributed by atoms with van der Waals surface area (Å²) in [5, 5.41) is 11.1. The molecule has 2 aromatic heterocycles. The molecule has 26 heavy (non-hydrogen) atoms. The van der Waals surface area contributed by atoms with Crippen LogP contribution in [0.2, 0.25) is 0 Å². The Kier molecular flexibility index (Phi) is 5.52. The van der Waals surface area contributed by atoms with Gasteiger partial charge in [-0.1, -0.05) is 11.2 Å². The number of carbonyl (C=O) groups is 1. The number of ether oxygens (including phenoxy) is 1. The van der Waals surface area contributed by atoms with Crippen LogP contribution in [0.1, 0.15) is 11.5 Å². The fourth-order valence-electron chi connectivity index (χ4n) is 2.17.